The van der Waals surface area contributed by atoms with Crippen LogP contribution in [0.2, 0.25) is 5.02 Å². The number of hydrogen-bond donors (Lipinski definition) is 1. The summed E-state index contributed by atoms with van der Waals surface area (Å²) < 4.78 is 2.05. The highest BCUT2D eigenvalue weighted by Gasteiger charge is 2.06. The van der Waals surface area contributed by atoms with Crippen LogP contribution in [0.15, 0.2) is 23.0 Å². The average molecular weight is 298 g/mol. The minimum atomic E-state index is -0.0610. The summed E-state index contributed by atoms with van der Waals surface area (Å²) in [6.07, 6.45) is 0.878. The Bertz CT molecular complexity index is 705. The molecule has 2 rings (SSSR count). The van der Waals surface area contributed by atoms with Crippen molar-refractivity contribution in [1.82, 2.24) is 14.5 Å². The normalized spacial score (nSPS) is 11.4. The number of rotatable bonds is 4. The van der Waals surface area contributed by atoms with Gasteiger partial charge in [0.1, 0.15) is 0 Å². The van der Waals surface area contributed by atoms with Crippen LogP contribution in [0.25, 0.3) is 10.9 Å². The molecule has 6 heteroatoms. The number of hydrogen-bond acceptors (Lipinski definition) is 3. The van der Waals surface area contributed by atoms with Crippen LogP contribution >= 0.6 is 23.8 Å². The lowest BCUT2D eigenvalue weighted by Gasteiger charge is -2.11. The first-order chi connectivity index (χ1) is 8.99. The Labute approximate surface area is 121 Å². The molecule has 1 aromatic carbocycles. The van der Waals surface area contributed by atoms with Gasteiger partial charge in [-0.15, -0.1) is 0 Å². The first-order valence-electron chi connectivity index (χ1n) is 6.06. The van der Waals surface area contributed by atoms with E-state index in [9.17, 15) is 4.79 Å². The van der Waals surface area contributed by atoms with Crippen molar-refractivity contribution < 1.29 is 0 Å². The number of fused-ring (bicyclic) bond motifs is 1. The molecule has 1 heterocycles. The molecule has 0 saturated carbocycles. The summed E-state index contributed by atoms with van der Waals surface area (Å²) in [4.78, 5) is 17.5. The van der Waals surface area contributed by atoms with Gasteiger partial charge in [0.05, 0.1) is 10.9 Å². The van der Waals surface area contributed by atoms with E-state index in [-0.39, 0.29) is 5.56 Å². The second-order valence-electron chi connectivity index (χ2n) is 4.73. The van der Waals surface area contributed by atoms with Gasteiger partial charge in [-0.05, 0) is 57.5 Å². The zero-order chi connectivity index (χ0) is 14.0. The van der Waals surface area contributed by atoms with Gasteiger partial charge in [0, 0.05) is 11.6 Å². The number of aromatic nitrogens is 2. The number of H-pyrrole nitrogens is 1. The van der Waals surface area contributed by atoms with Gasteiger partial charge in [0.25, 0.3) is 5.56 Å². The summed E-state index contributed by atoms with van der Waals surface area (Å²) >= 11 is 11.2. The van der Waals surface area contributed by atoms with Crippen molar-refractivity contribution in [3.8, 4) is 0 Å². The molecule has 0 unspecified atom stereocenters. The zero-order valence-electron chi connectivity index (χ0n) is 10.9. The molecule has 1 aromatic heterocycles. The highest BCUT2D eigenvalue weighted by Crippen LogP contribution is 2.14. The molecule has 19 heavy (non-hydrogen) atoms. The highest BCUT2D eigenvalue weighted by molar-refractivity contribution is 7.71. The first kappa shape index (κ1) is 14.2. The van der Waals surface area contributed by atoms with Crippen molar-refractivity contribution in [1.29, 1.82) is 0 Å². The SMILES string of the molecule is CN(C)CCCn1c(=S)[nH]c2cc(Cl)ccc2c1=O. The van der Waals surface area contributed by atoms with Gasteiger partial charge < -0.3 is 9.88 Å². The summed E-state index contributed by atoms with van der Waals surface area (Å²) in [5, 5.41) is 1.20. The van der Waals surface area contributed by atoms with Crippen molar-refractivity contribution in [3.05, 3.63) is 38.3 Å². The molecule has 0 atom stereocenters. The lowest BCUT2D eigenvalue weighted by atomic mass is 10.2. The molecule has 0 aliphatic heterocycles. The Balaban J connectivity index is 2.42. The quantitative estimate of drug-likeness (QED) is 0.882. The van der Waals surface area contributed by atoms with E-state index < -0.39 is 0 Å². The van der Waals surface area contributed by atoms with Gasteiger partial charge in [-0.1, -0.05) is 11.6 Å². The third-order valence-electron chi connectivity index (χ3n) is 2.93. The Morgan fingerprint density at radius 2 is 2.16 bits per heavy atom. The Kier molecular flexibility index (Phi) is 4.39. The predicted molar refractivity (Wildman–Crippen MR) is 81.6 cm³/mol. The molecule has 1 N–H and O–H groups in total. The predicted octanol–water partition coefficient (Wildman–Crippen LogP) is 2.66. The fourth-order valence-corrected chi connectivity index (χ4v) is 2.43. The Morgan fingerprint density at radius 3 is 2.84 bits per heavy atom. The third kappa shape index (κ3) is 3.23. The van der Waals surface area contributed by atoms with E-state index in [2.05, 4.69) is 9.88 Å². The van der Waals surface area contributed by atoms with Gasteiger partial charge in [0.2, 0.25) is 0 Å². The van der Waals surface area contributed by atoms with Crippen LogP contribution in [-0.2, 0) is 6.54 Å². The molecule has 0 radical (unpaired) electrons. The number of aromatic amines is 1. The molecule has 0 bridgehead atoms. The van der Waals surface area contributed by atoms with E-state index in [1.165, 1.54) is 0 Å². The average Bonchev–Trinajstić information content (AvgIpc) is 2.32. The molecule has 0 saturated heterocycles. The maximum atomic E-state index is 12.4. The molecule has 102 valence electrons. The minimum absolute atomic E-state index is 0.0610. The van der Waals surface area contributed by atoms with E-state index in [1.807, 2.05) is 14.1 Å². The minimum Gasteiger partial charge on any atom is -0.332 e. The second kappa shape index (κ2) is 5.86. The fourth-order valence-electron chi connectivity index (χ4n) is 1.97. The van der Waals surface area contributed by atoms with Crippen LogP contribution in [0.1, 0.15) is 6.42 Å². The van der Waals surface area contributed by atoms with Gasteiger partial charge >= 0.3 is 0 Å². The number of nitrogens with zero attached hydrogens (tertiary/aromatic N) is 2. The van der Waals surface area contributed by atoms with Crippen molar-refractivity contribution in [3.63, 3.8) is 0 Å². The van der Waals surface area contributed by atoms with Crippen LogP contribution in [-0.4, -0.2) is 35.1 Å². The summed E-state index contributed by atoms with van der Waals surface area (Å²) in [5.41, 5.74) is 0.625. The van der Waals surface area contributed by atoms with E-state index in [0.717, 1.165) is 13.0 Å². The maximum Gasteiger partial charge on any atom is 0.262 e. The lowest BCUT2D eigenvalue weighted by molar-refractivity contribution is 0.384. The van der Waals surface area contributed by atoms with Crippen LogP contribution in [0, 0.1) is 4.77 Å². The van der Waals surface area contributed by atoms with Gasteiger partial charge in [-0.25, -0.2) is 0 Å². The van der Waals surface area contributed by atoms with Gasteiger partial charge in [-0.2, -0.15) is 0 Å². The fraction of sp³-hybridized carbons (Fsp3) is 0.385. The van der Waals surface area contributed by atoms with E-state index in [4.69, 9.17) is 23.8 Å². The molecule has 0 spiro atoms. The molecule has 4 nitrogen and oxygen atoms in total. The topological polar surface area (TPSA) is 41.0 Å². The maximum absolute atomic E-state index is 12.4. The van der Waals surface area contributed by atoms with Crippen molar-refractivity contribution in [2.45, 2.75) is 13.0 Å². The third-order valence-corrected chi connectivity index (χ3v) is 3.49. The lowest BCUT2D eigenvalue weighted by Crippen LogP contribution is -2.24. The number of nitrogens with one attached hydrogen (secondary N) is 1. The highest BCUT2D eigenvalue weighted by atomic mass is 35.5. The summed E-state index contributed by atoms with van der Waals surface area (Å²) in [6.45, 7) is 1.53. The van der Waals surface area contributed by atoms with Crippen molar-refractivity contribution >= 4 is 34.7 Å². The molecule has 0 aliphatic rings. The van der Waals surface area contributed by atoms with Crippen LogP contribution in [0.4, 0.5) is 0 Å². The molecule has 0 aliphatic carbocycles. The van der Waals surface area contributed by atoms with Crippen LogP contribution in [0.3, 0.4) is 0 Å². The molecule has 0 fully saturated rings. The zero-order valence-corrected chi connectivity index (χ0v) is 12.5. The van der Waals surface area contributed by atoms with E-state index >= 15 is 0 Å². The van der Waals surface area contributed by atoms with Crippen molar-refractivity contribution in [2.24, 2.45) is 0 Å². The van der Waals surface area contributed by atoms with Crippen LogP contribution < -0.4 is 5.56 Å². The smallest absolute Gasteiger partial charge is 0.262 e. The molecular formula is C13H16ClN3OS. The summed E-state index contributed by atoms with van der Waals surface area (Å²) in [5.74, 6) is 0. The molecule has 2 aromatic rings. The number of halogens is 1. The monoisotopic (exact) mass is 297 g/mol. The van der Waals surface area contributed by atoms with Gasteiger partial charge in [-0.3, -0.25) is 9.36 Å². The Morgan fingerprint density at radius 1 is 1.42 bits per heavy atom. The summed E-state index contributed by atoms with van der Waals surface area (Å²) in [6, 6.07) is 5.16. The van der Waals surface area contributed by atoms with E-state index in [0.29, 0.717) is 27.2 Å². The second-order valence-corrected chi connectivity index (χ2v) is 5.56. The van der Waals surface area contributed by atoms with Crippen LogP contribution in [0.5, 0.6) is 0 Å². The Hall–Kier alpha value is -1.17. The van der Waals surface area contributed by atoms with Gasteiger partial charge in [0.15, 0.2) is 4.77 Å². The number of benzene rings is 1. The summed E-state index contributed by atoms with van der Waals surface area (Å²) in [7, 11) is 4.01. The van der Waals surface area contributed by atoms with E-state index in [1.54, 1.807) is 22.8 Å². The molecular weight excluding hydrogens is 282 g/mol. The standard InChI is InChI=1S/C13H16ClN3OS/c1-16(2)6-3-7-17-12(18)10-5-4-9(14)8-11(10)15-13(17)19/h4-5,8H,3,6-7H2,1-2H3,(H,15,19). The first-order valence-corrected chi connectivity index (χ1v) is 6.85. The largest absolute Gasteiger partial charge is 0.332 e. The van der Waals surface area contributed by atoms with Crippen molar-refractivity contribution in [2.75, 3.05) is 20.6 Å². The molecule has 0 amide bonds.